The molecule has 1 aromatic rings. The molecule has 0 bridgehead atoms. The summed E-state index contributed by atoms with van der Waals surface area (Å²) in [5, 5.41) is 8.59. The zero-order chi connectivity index (χ0) is 10.4. The smallest absolute Gasteiger partial charge is 0.119 e. The number of aliphatic hydroxyl groups is 1. The lowest BCUT2D eigenvalue weighted by molar-refractivity contribution is 0.233. The predicted octanol–water partition coefficient (Wildman–Crippen LogP) is 1.59. The quantitative estimate of drug-likeness (QED) is 0.554. The molecule has 3 heteroatoms. The fraction of sp³-hybridized carbons (Fsp3) is 0.455. The minimum Gasteiger partial charge on any atom is -0.493 e. The summed E-state index contributed by atoms with van der Waals surface area (Å²) in [5.74, 6) is 0.824. The molecular formula is C11H17NO2. The Morgan fingerprint density at radius 3 is 2.86 bits per heavy atom. The maximum Gasteiger partial charge on any atom is 0.119 e. The topological polar surface area (TPSA) is 55.5 Å². The number of aryl methyl sites for hydroxylation is 1. The molecule has 0 aliphatic heterocycles. The fourth-order valence-electron chi connectivity index (χ4n) is 1.23. The molecule has 1 rings (SSSR count). The van der Waals surface area contributed by atoms with Gasteiger partial charge >= 0.3 is 0 Å². The highest BCUT2D eigenvalue weighted by molar-refractivity contribution is 5.50. The summed E-state index contributed by atoms with van der Waals surface area (Å²) in [6.45, 7) is 2.77. The van der Waals surface area contributed by atoms with Crippen molar-refractivity contribution in [3.05, 3.63) is 23.8 Å². The number of rotatable bonds is 5. The van der Waals surface area contributed by atoms with Crippen LogP contribution in [0.3, 0.4) is 0 Å². The van der Waals surface area contributed by atoms with E-state index in [4.69, 9.17) is 15.6 Å². The summed E-state index contributed by atoms with van der Waals surface area (Å²) < 4.78 is 5.43. The molecule has 78 valence electrons. The molecule has 0 atom stereocenters. The van der Waals surface area contributed by atoms with Crippen molar-refractivity contribution in [2.75, 3.05) is 18.9 Å². The normalized spacial score (nSPS) is 10.1. The second-order valence-electron chi connectivity index (χ2n) is 3.14. The summed E-state index contributed by atoms with van der Waals surface area (Å²) in [5.41, 5.74) is 7.67. The Labute approximate surface area is 84.5 Å². The Kier molecular flexibility index (Phi) is 4.26. The van der Waals surface area contributed by atoms with Gasteiger partial charge in [-0.3, -0.25) is 0 Å². The molecule has 3 nitrogen and oxygen atoms in total. The van der Waals surface area contributed by atoms with Crippen molar-refractivity contribution >= 4 is 5.69 Å². The highest BCUT2D eigenvalue weighted by Gasteiger charge is 1.99. The molecule has 14 heavy (non-hydrogen) atoms. The third-order valence-corrected chi connectivity index (χ3v) is 2.07. The summed E-state index contributed by atoms with van der Waals surface area (Å²) >= 11 is 0. The summed E-state index contributed by atoms with van der Waals surface area (Å²) in [6, 6.07) is 5.66. The van der Waals surface area contributed by atoms with Gasteiger partial charge < -0.3 is 15.6 Å². The van der Waals surface area contributed by atoms with Crippen molar-refractivity contribution in [2.24, 2.45) is 0 Å². The Balaban J connectivity index is 2.60. The lowest BCUT2D eigenvalue weighted by atomic mass is 10.1. The number of hydrogen-bond donors (Lipinski definition) is 2. The molecular weight excluding hydrogens is 178 g/mol. The minimum atomic E-state index is 0.162. The first-order chi connectivity index (χ1) is 6.77. The molecule has 1 aromatic carbocycles. The molecule has 0 unspecified atom stereocenters. The van der Waals surface area contributed by atoms with Crippen molar-refractivity contribution in [1.29, 1.82) is 0 Å². The molecule has 0 saturated heterocycles. The van der Waals surface area contributed by atoms with E-state index >= 15 is 0 Å². The van der Waals surface area contributed by atoms with E-state index in [0.29, 0.717) is 13.0 Å². The lowest BCUT2D eigenvalue weighted by Gasteiger charge is -2.08. The molecule has 0 saturated carbocycles. The number of benzene rings is 1. The van der Waals surface area contributed by atoms with Gasteiger partial charge in [-0.1, -0.05) is 6.92 Å². The van der Waals surface area contributed by atoms with Crippen LogP contribution in [0, 0.1) is 0 Å². The fourth-order valence-corrected chi connectivity index (χ4v) is 1.23. The van der Waals surface area contributed by atoms with E-state index < -0.39 is 0 Å². The standard InChI is InChI=1S/C11H17NO2/c1-2-9-8-10(4-5-11(9)12)14-7-3-6-13/h4-5,8,13H,2-3,6-7,12H2,1H3. The first-order valence-corrected chi connectivity index (χ1v) is 4.90. The van der Waals surface area contributed by atoms with E-state index in [1.807, 2.05) is 18.2 Å². The first-order valence-electron chi connectivity index (χ1n) is 4.90. The highest BCUT2D eigenvalue weighted by Crippen LogP contribution is 2.20. The van der Waals surface area contributed by atoms with Crippen molar-refractivity contribution in [3.63, 3.8) is 0 Å². The average molecular weight is 195 g/mol. The number of nitrogen functional groups attached to an aromatic ring is 1. The molecule has 0 fully saturated rings. The van der Waals surface area contributed by atoms with Gasteiger partial charge in [-0.25, -0.2) is 0 Å². The third kappa shape index (κ3) is 2.92. The Morgan fingerprint density at radius 2 is 2.21 bits per heavy atom. The lowest BCUT2D eigenvalue weighted by Crippen LogP contribution is -2.01. The molecule has 0 heterocycles. The second kappa shape index (κ2) is 5.50. The third-order valence-electron chi connectivity index (χ3n) is 2.07. The zero-order valence-corrected chi connectivity index (χ0v) is 8.49. The first kappa shape index (κ1) is 10.9. The number of hydrogen-bond acceptors (Lipinski definition) is 3. The van der Waals surface area contributed by atoms with Gasteiger partial charge in [0, 0.05) is 18.7 Å². The zero-order valence-electron chi connectivity index (χ0n) is 8.49. The molecule has 0 amide bonds. The number of anilines is 1. The molecule has 0 aliphatic carbocycles. The molecule has 0 spiro atoms. The van der Waals surface area contributed by atoms with E-state index in [1.54, 1.807) is 0 Å². The molecule has 0 radical (unpaired) electrons. The van der Waals surface area contributed by atoms with Crippen LogP contribution in [-0.2, 0) is 6.42 Å². The van der Waals surface area contributed by atoms with Gasteiger partial charge in [0.1, 0.15) is 5.75 Å². The summed E-state index contributed by atoms with van der Waals surface area (Å²) in [7, 11) is 0. The van der Waals surface area contributed by atoms with Crippen LogP contribution in [0.1, 0.15) is 18.9 Å². The SMILES string of the molecule is CCc1cc(OCCCO)ccc1N. The van der Waals surface area contributed by atoms with Gasteiger partial charge in [0.2, 0.25) is 0 Å². The van der Waals surface area contributed by atoms with Crippen LogP contribution in [0.4, 0.5) is 5.69 Å². The van der Waals surface area contributed by atoms with Crippen LogP contribution in [0.5, 0.6) is 5.75 Å². The van der Waals surface area contributed by atoms with E-state index in [0.717, 1.165) is 23.4 Å². The largest absolute Gasteiger partial charge is 0.493 e. The van der Waals surface area contributed by atoms with Gasteiger partial charge in [0.25, 0.3) is 0 Å². The van der Waals surface area contributed by atoms with Crippen molar-refractivity contribution in [2.45, 2.75) is 19.8 Å². The van der Waals surface area contributed by atoms with Crippen molar-refractivity contribution in [3.8, 4) is 5.75 Å². The van der Waals surface area contributed by atoms with E-state index in [-0.39, 0.29) is 6.61 Å². The van der Waals surface area contributed by atoms with E-state index in [2.05, 4.69) is 6.92 Å². The van der Waals surface area contributed by atoms with Crippen LogP contribution in [0.15, 0.2) is 18.2 Å². The van der Waals surface area contributed by atoms with Crippen LogP contribution >= 0.6 is 0 Å². The van der Waals surface area contributed by atoms with Crippen LogP contribution in [0.25, 0.3) is 0 Å². The second-order valence-corrected chi connectivity index (χ2v) is 3.14. The maximum atomic E-state index is 8.59. The number of ether oxygens (including phenoxy) is 1. The predicted molar refractivity (Wildman–Crippen MR) is 57.4 cm³/mol. The van der Waals surface area contributed by atoms with Crippen LogP contribution in [0.2, 0.25) is 0 Å². The van der Waals surface area contributed by atoms with Gasteiger partial charge in [-0.2, -0.15) is 0 Å². The maximum absolute atomic E-state index is 8.59. The van der Waals surface area contributed by atoms with Gasteiger partial charge in [0.15, 0.2) is 0 Å². The van der Waals surface area contributed by atoms with Gasteiger partial charge in [-0.05, 0) is 30.2 Å². The molecule has 0 aromatic heterocycles. The average Bonchev–Trinajstić information content (AvgIpc) is 2.21. The minimum absolute atomic E-state index is 0.162. The van der Waals surface area contributed by atoms with E-state index in [1.165, 1.54) is 0 Å². The van der Waals surface area contributed by atoms with E-state index in [9.17, 15) is 0 Å². The summed E-state index contributed by atoms with van der Waals surface area (Å²) in [4.78, 5) is 0. The number of nitrogens with two attached hydrogens (primary N) is 1. The highest BCUT2D eigenvalue weighted by atomic mass is 16.5. The Bertz CT molecular complexity index is 287. The molecule has 3 N–H and O–H groups in total. The monoisotopic (exact) mass is 195 g/mol. The van der Waals surface area contributed by atoms with Crippen LogP contribution < -0.4 is 10.5 Å². The van der Waals surface area contributed by atoms with Gasteiger partial charge in [-0.15, -0.1) is 0 Å². The van der Waals surface area contributed by atoms with Gasteiger partial charge in [0.05, 0.1) is 6.61 Å². The van der Waals surface area contributed by atoms with Crippen molar-refractivity contribution in [1.82, 2.24) is 0 Å². The van der Waals surface area contributed by atoms with Crippen LogP contribution in [-0.4, -0.2) is 18.3 Å². The summed E-state index contributed by atoms with van der Waals surface area (Å²) in [6.07, 6.45) is 1.56. The van der Waals surface area contributed by atoms with Crippen molar-refractivity contribution < 1.29 is 9.84 Å². The molecule has 0 aliphatic rings. The Morgan fingerprint density at radius 1 is 1.43 bits per heavy atom. The Hall–Kier alpha value is -1.22. The number of aliphatic hydroxyl groups excluding tert-OH is 1.